The molecule has 124 valence electrons. The molecule has 0 saturated heterocycles. The molecule has 6 heteroatoms. The van der Waals surface area contributed by atoms with Crippen molar-refractivity contribution in [3.8, 4) is 0 Å². The van der Waals surface area contributed by atoms with E-state index in [-0.39, 0.29) is 0 Å². The summed E-state index contributed by atoms with van der Waals surface area (Å²) in [7, 11) is 0.563. The van der Waals surface area contributed by atoms with Gasteiger partial charge in [0.25, 0.3) is 0 Å². The van der Waals surface area contributed by atoms with Crippen LogP contribution in [0.2, 0.25) is 0 Å². The third-order valence-electron chi connectivity index (χ3n) is 4.00. The molecular formula is C16H28BNO4. The maximum absolute atomic E-state index is 10.4. The molecule has 0 amide bonds. The molecule has 3 N–H and O–H groups in total. The summed E-state index contributed by atoms with van der Waals surface area (Å²) in [4.78, 5) is 0. The van der Waals surface area contributed by atoms with Gasteiger partial charge in [-0.05, 0) is 38.7 Å². The summed E-state index contributed by atoms with van der Waals surface area (Å²) in [6.45, 7) is 8.83. The van der Waals surface area contributed by atoms with Crippen LogP contribution < -0.4 is 10.8 Å². The van der Waals surface area contributed by atoms with E-state index in [1.54, 1.807) is 34.8 Å². The molecule has 0 aromatic heterocycles. The Balaban J connectivity index is 2.79. The van der Waals surface area contributed by atoms with Crippen molar-refractivity contribution < 1.29 is 19.5 Å². The van der Waals surface area contributed by atoms with Crippen LogP contribution in [0, 0.1) is 0 Å². The molecule has 1 aromatic rings. The van der Waals surface area contributed by atoms with Crippen molar-refractivity contribution in [2.24, 2.45) is 0 Å². The lowest BCUT2D eigenvalue weighted by molar-refractivity contribution is -0.0982. The highest BCUT2D eigenvalue weighted by molar-refractivity contribution is 6.60. The molecule has 22 heavy (non-hydrogen) atoms. The van der Waals surface area contributed by atoms with E-state index in [2.05, 4.69) is 5.32 Å². The van der Waals surface area contributed by atoms with Crippen LogP contribution in [0.4, 0.5) is 0 Å². The molecule has 0 aliphatic rings. The van der Waals surface area contributed by atoms with E-state index in [0.29, 0.717) is 18.6 Å². The molecule has 0 atom stereocenters. The fraction of sp³-hybridized carbons (Fsp3) is 0.625. The predicted octanol–water partition coefficient (Wildman–Crippen LogP) is 0.676. The molecule has 0 bridgehead atoms. The fourth-order valence-corrected chi connectivity index (χ4v) is 1.82. The summed E-state index contributed by atoms with van der Waals surface area (Å²) < 4.78 is 10.7. The monoisotopic (exact) mass is 309 g/mol. The van der Waals surface area contributed by atoms with Gasteiger partial charge in [-0.1, -0.05) is 24.3 Å². The van der Waals surface area contributed by atoms with E-state index in [0.717, 1.165) is 12.1 Å². The zero-order valence-electron chi connectivity index (χ0n) is 14.2. The first-order valence-corrected chi connectivity index (χ1v) is 7.55. The summed E-state index contributed by atoms with van der Waals surface area (Å²) in [6, 6.07) is 7.56. The maximum atomic E-state index is 10.4. The van der Waals surface area contributed by atoms with Gasteiger partial charge in [-0.15, -0.1) is 0 Å². The SMILES string of the molecule is COCCNCc1ccccc1B(O)OC(C)(C)C(C)(C)O. The zero-order valence-corrected chi connectivity index (χ0v) is 14.2. The quantitative estimate of drug-likeness (QED) is 0.462. The lowest BCUT2D eigenvalue weighted by atomic mass is 9.74. The van der Waals surface area contributed by atoms with Crippen LogP contribution in [0.5, 0.6) is 0 Å². The molecule has 0 heterocycles. The zero-order chi connectivity index (χ0) is 16.8. The van der Waals surface area contributed by atoms with Crippen LogP contribution in [-0.4, -0.2) is 48.7 Å². The van der Waals surface area contributed by atoms with Crippen molar-refractivity contribution in [1.29, 1.82) is 0 Å². The van der Waals surface area contributed by atoms with E-state index in [1.165, 1.54) is 0 Å². The molecule has 5 nitrogen and oxygen atoms in total. The average Bonchev–Trinajstić information content (AvgIpc) is 2.42. The Morgan fingerprint density at radius 3 is 2.41 bits per heavy atom. The van der Waals surface area contributed by atoms with Gasteiger partial charge in [-0.3, -0.25) is 0 Å². The number of benzene rings is 1. The molecule has 0 unspecified atom stereocenters. The van der Waals surface area contributed by atoms with Crippen molar-refractivity contribution in [1.82, 2.24) is 5.32 Å². The first-order valence-electron chi connectivity index (χ1n) is 7.55. The molecule has 0 spiro atoms. The lowest BCUT2D eigenvalue weighted by Gasteiger charge is -2.38. The Morgan fingerprint density at radius 1 is 1.18 bits per heavy atom. The third-order valence-corrected chi connectivity index (χ3v) is 4.00. The number of aliphatic hydroxyl groups is 1. The number of ether oxygens (including phenoxy) is 1. The summed E-state index contributed by atoms with van der Waals surface area (Å²) in [5.41, 5.74) is -0.301. The predicted molar refractivity (Wildman–Crippen MR) is 89.1 cm³/mol. The number of methoxy groups -OCH3 is 1. The topological polar surface area (TPSA) is 71.0 Å². The number of rotatable bonds is 9. The van der Waals surface area contributed by atoms with Crippen molar-refractivity contribution in [3.05, 3.63) is 29.8 Å². The third kappa shape index (κ3) is 5.37. The minimum atomic E-state index is -1.10. The van der Waals surface area contributed by atoms with Gasteiger partial charge in [-0.25, -0.2) is 0 Å². The summed E-state index contributed by atoms with van der Waals surface area (Å²) in [6.07, 6.45) is 0. The lowest BCUT2D eigenvalue weighted by Crippen LogP contribution is -2.53. The second-order valence-electron chi connectivity index (χ2n) is 6.41. The van der Waals surface area contributed by atoms with Crippen molar-refractivity contribution >= 4 is 12.6 Å². The normalized spacial score (nSPS) is 12.5. The smallest absolute Gasteiger partial charge is 0.423 e. The Labute approximate surface area is 133 Å². The first kappa shape index (κ1) is 19.1. The van der Waals surface area contributed by atoms with Gasteiger partial charge in [0.1, 0.15) is 0 Å². The molecular weight excluding hydrogens is 281 g/mol. The van der Waals surface area contributed by atoms with Crippen molar-refractivity contribution in [2.75, 3.05) is 20.3 Å². The van der Waals surface area contributed by atoms with Crippen LogP contribution in [-0.2, 0) is 15.9 Å². The summed E-state index contributed by atoms with van der Waals surface area (Å²) >= 11 is 0. The molecule has 0 fully saturated rings. The number of hydrogen-bond acceptors (Lipinski definition) is 5. The standard InChI is InChI=1S/C16H28BNO4/c1-15(2,19)16(3,4)22-17(20)14-9-7-6-8-13(14)12-18-10-11-21-5/h6-9,18-20H,10-12H2,1-5H3. The van der Waals surface area contributed by atoms with Crippen LogP contribution >= 0.6 is 0 Å². The summed E-state index contributed by atoms with van der Waals surface area (Å²) in [5.74, 6) is 0. The fourth-order valence-electron chi connectivity index (χ4n) is 1.82. The van der Waals surface area contributed by atoms with Crippen LogP contribution in [0.3, 0.4) is 0 Å². The molecule has 0 aliphatic carbocycles. The second-order valence-corrected chi connectivity index (χ2v) is 6.41. The van der Waals surface area contributed by atoms with E-state index in [4.69, 9.17) is 9.39 Å². The van der Waals surface area contributed by atoms with Gasteiger partial charge in [0.2, 0.25) is 0 Å². The second kappa shape index (κ2) is 8.08. The Morgan fingerprint density at radius 2 is 1.82 bits per heavy atom. The highest BCUT2D eigenvalue weighted by Gasteiger charge is 2.39. The Bertz CT molecular complexity index is 460. The minimum Gasteiger partial charge on any atom is -0.423 e. The first-order chi connectivity index (χ1) is 10.2. The Kier molecular flexibility index (Phi) is 7.03. The van der Waals surface area contributed by atoms with E-state index >= 15 is 0 Å². The highest BCUT2D eigenvalue weighted by atomic mass is 16.5. The van der Waals surface area contributed by atoms with E-state index in [1.807, 2.05) is 24.3 Å². The van der Waals surface area contributed by atoms with E-state index < -0.39 is 18.3 Å². The molecule has 0 radical (unpaired) electrons. The van der Waals surface area contributed by atoms with E-state index in [9.17, 15) is 10.1 Å². The maximum Gasteiger partial charge on any atom is 0.491 e. The average molecular weight is 309 g/mol. The van der Waals surface area contributed by atoms with Gasteiger partial charge in [0.15, 0.2) is 0 Å². The van der Waals surface area contributed by atoms with Gasteiger partial charge in [0.05, 0.1) is 17.8 Å². The Hall–Kier alpha value is -0.915. The van der Waals surface area contributed by atoms with Gasteiger partial charge in [-0.2, -0.15) is 0 Å². The van der Waals surface area contributed by atoms with Gasteiger partial charge in [0, 0.05) is 20.2 Å². The largest absolute Gasteiger partial charge is 0.491 e. The van der Waals surface area contributed by atoms with Crippen LogP contribution in [0.15, 0.2) is 24.3 Å². The van der Waals surface area contributed by atoms with Crippen LogP contribution in [0.25, 0.3) is 0 Å². The number of hydrogen-bond donors (Lipinski definition) is 3. The number of nitrogens with one attached hydrogen (secondary N) is 1. The minimum absolute atomic E-state index is 0.614. The van der Waals surface area contributed by atoms with Crippen molar-refractivity contribution in [3.63, 3.8) is 0 Å². The van der Waals surface area contributed by atoms with Gasteiger partial charge >= 0.3 is 7.12 Å². The molecule has 1 rings (SSSR count). The summed E-state index contributed by atoms with van der Waals surface area (Å²) in [5, 5.41) is 23.8. The van der Waals surface area contributed by atoms with Crippen molar-refractivity contribution in [2.45, 2.75) is 45.4 Å². The highest BCUT2D eigenvalue weighted by Crippen LogP contribution is 2.25. The van der Waals surface area contributed by atoms with Gasteiger partial charge < -0.3 is 24.8 Å². The molecule has 1 aromatic carbocycles. The van der Waals surface area contributed by atoms with Crippen LogP contribution in [0.1, 0.15) is 33.3 Å². The molecule has 0 saturated carbocycles. The molecule has 0 aliphatic heterocycles.